The van der Waals surface area contributed by atoms with Gasteiger partial charge in [0.15, 0.2) is 0 Å². The lowest BCUT2D eigenvalue weighted by Gasteiger charge is -2.11. The Kier molecular flexibility index (Phi) is 4.51. The number of aryl methyl sites for hydroxylation is 2. The van der Waals surface area contributed by atoms with Crippen LogP contribution in [0, 0.1) is 11.3 Å². The van der Waals surface area contributed by atoms with Crippen LogP contribution in [0.4, 0.5) is 5.82 Å². The van der Waals surface area contributed by atoms with Gasteiger partial charge in [-0.2, -0.15) is 5.26 Å². The first kappa shape index (κ1) is 15.5. The second-order valence-corrected chi connectivity index (χ2v) is 7.64. The lowest BCUT2D eigenvalue weighted by atomic mass is 9.96. The fourth-order valence-corrected chi connectivity index (χ4v) is 5.14. The van der Waals surface area contributed by atoms with Gasteiger partial charge in [0.2, 0.25) is 0 Å². The van der Waals surface area contributed by atoms with Gasteiger partial charge in [-0.3, -0.25) is 5.73 Å². The predicted molar refractivity (Wildman–Crippen MR) is 93.8 cm³/mol. The Hall–Kier alpha value is -1.38. The summed E-state index contributed by atoms with van der Waals surface area (Å²) in [6, 6.07) is 4.46. The van der Waals surface area contributed by atoms with Gasteiger partial charge in [-0.15, -0.1) is 11.3 Å². The molecule has 3 nitrogen and oxygen atoms in total. The molecule has 1 aliphatic rings. The third-order valence-corrected chi connectivity index (χ3v) is 6.53. The van der Waals surface area contributed by atoms with Crippen LogP contribution in [0.5, 0.6) is 0 Å². The molecule has 0 atom stereocenters. The zero-order valence-corrected chi connectivity index (χ0v) is 15.0. The van der Waals surface area contributed by atoms with E-state index in [1.54, 1.807) is 11.3 Å². The highest BCUT2D eigenvalue weighted by atomic mass is 79.9. The number of pyridine rings is 1. The van der Waals surface area contributed by atoms with Gasteiger partial charge in [0.05, 0.1) is 0 Å². The quantitative estimate of drug-likeness (QED) is 0.794. The molecule has 0 aliphatic heterocycles. The molecule has 0 amide bonds. The van der Waals surface area contributed by atoms with Crippen LogP contribution in [0.3, 0.4) is 0 Å². The minimum absolute atomic E-state index is 0.501. The second kappa shape index (κ2) is 6.39. The molecule has 114 valence electrons. The first-order valence-corrected chi connectivity index (χ1v) is 9.31. The Balaban J connectivity index is 2.28. The van der Waals surface area contributed by atoms with E-state index >= 15 is 0 Å². The summed E-state index contributed by atoms with van der Waals surface area (Å²) in [5.74, 6) is 0.501. The Morgan fingerprint density at radius 3 is 2.82 bits per heavy atom. The molecule has 3 rings (SSSR count). The minimum Gasteiger partial charge on any atom is -0.286 e. The standard InChI is InChI=1S/C17H18BrN3S/c1-2-14-12(18)8-15(22-14)16-10-6-4-3-5-7-13(10)21-17(20)11(16)9-19/h8H,2-7H2,1H3,(H2,20,21)/p+1. The van der Waals surface area contributed by atoms with Crippen molar-refractivity contribution in [1.82, 2.24) is 0 Å². The van der Waals surface area contributed by atoms with E-state index < -0.39 is 0 Å². The Bertz CT molecular complexity index is 758. The van der Waals surface area contributed by atoms with Crippen LogP contribution in [0.25, 0.3) is 10.4 Å². The van der Waals surface area contributed by atoms with E-state index in [1.165, 1.54) is 35.4 Å². The van der Waals surface area contributed by atoms with Crippen molar-refractivity contribution in [1.29, 1.82) is 5.26 Å². The molecule has 1 aliphatic carbocycles. The highest BCUT2D eigenvalue weighted by Gasteiger charge is 2.25. The number of nitriles is 1. The van der Waals surface area contributed by atoms with Crippen molar-refractivity contribution in [2.45, 2.75) is 45.4 Å². The van der Waals surface area contributed by atoms with Crippen LogP contribution < -0.4 is 10.7 Å². The highest BCUT2D eigenvalue weighted by molar-refractivity contribution is 9.10. The average molecular weight is 377 g/mol. The minimum atomic E-state index is 0.501. The number of nitrogen functional groups attached to an aromatic ring is 1. The van der Waals surface area contributed by atoms with Gasteiger partial charge in [-0.05, 0) is 47.7 Å². The maximum Gasteiger partial charge on any atom is 0.289 e. The van der Waals surface area contributed by atoms with Crippen molar-refractivity contribution in [3.05, 3.63) is 32.2 Å². The molecule has 2 heterocycles. The zero-order valence-electron chi connectivity index (χ0n) is 12.6. The Labute approximate surface area is 143 Å². The van der Waals surface area contributed by atoms with Crippen molar-refractivity contribution < 1.29 is 4.98 Å². The van der Waals surface area contributed by atoms with Crippen LogP contribution in [-0.2, 0) is 19.3 Å². The molecule has 0 aromatic carbocycles. The number of fused-ring (bicyclic) bond motifs is 1. The zero-order chi connectivity index (χ0) is 15.7. The number of anilines is 1. The van der Waals surface area contributed by atoms with E-state index in [2.05, 4.69) is 40.0 Å². The lowest BCUT2D eigenvalue weighted by molar-refractivity contribution is -0.373. The number of rotatable bonds is 2. The molecule has 0 unspecified atom stereocenters. The maximum absolute atomic E-state index is 9.61. The number of nitrogens with zero attached hydrogens (tertiary/aromatic N) is 1. The van der Waals surface area contributed by atoms with Gasteiger partial charge in [0.25, 0.3) is 5.82 Å². The Morgan fingerprint density at radius 1 is 1.36 bits per heavy atom. The molecule has 3 N–H and O–H groups in total. The predicted octanol–water partition coefficient (Wildman–Crippen LogP) is 4.28. The summed E-state index contributed by atoms with van der Waals surface area (Å²) in [4.78, 5) is 5.75. The summed E-state index contributed by atoms with van der Waals surface area (Å²) in [7, 11) is 0. The van der Waals surface area contributed by atoms with E-state index in [4.69, 9.17) is 5.73 Å². The number of nitrogens with one attached hydrogen (secondary N) is 1. The smallest absolute Gasteiger partial charge is 0.286 e. The van der Waals surface area contributed by atoms with Crippen molar-refractivity contribution in [3.8, 4) is 16.5 Å². The van der Waals surface area contributed by atoms with Gasteiger partial charge in [-0.1, -0.05) is 13.3 Å². The number of thiophene rings is 1. The maximum atomic E-state index is 9.61. The number of aromatic nitrogens is 1. The van der Waals surface area contributed by atoms with Gasteiger partial charge in [0.1, 0.15) is 17.3 Å². The summed E-state index contributed by atoms with van der Waals surface area (Å²) in [5.41, 5.74) is 10.3. The first-order chi connectivity index (χ1) is 10.7. The number of hydrogen-bond donors (Lipinski definition) is 1. The monoisotopic (exact) mass is 376 g/mol. The van der Waals surface area contributed by atoms with Gasteiger partial charge < -0.3 is 0 Å². The molecule has 0 saturated heterocycles. The summed E-state index contributed by atoms with van der Waals surface area (Å²) in [6.07, 6.45) is 6.62. The summed E-state index contributed by atoms with van der Waals surface area (Å²) in [5, 5.41) is 9.61. The average Bonchev–Trinajstić information content (AvgIpc) is 2.72. The van der Waals surface area contributed by atoms with Crippen molar-refractivity contribution in [2.24, 2.45) is 0 Å². The SMILES string of the molecule is CCc1sc(-c2c(C#N)c(N)[nH+]c3c2CCCCC3)cc1Br. The van der Waals surface area contributed by atoms with Crippen molar-refractivity contribution in [2.75, 3.05) is 5.73 Å². The molecule has 0 fully saturated rings. The summed E-state index contributed by atoms with van der Waals surface area (Å²) < 4.78 is 1.13. The van der Waals surface area contributed by atoms with E-state index in [1.807, 2.05) is 0 Å². The van der Waals surface area contributed by atoms with Crippen molar-refractivity contribution >= 4 is 33.1 Å². The molecular formula is C17H19BrN3S+. The number of H-pyrrole nitrogens is 1. The molecule has 2 aromatic heterocycles. The third-order valence-electron chi connectivity index (χ3n) is 4.26. The molecule has 2 aromatic rings. The van der Waals surface area contributed by atoms with E-state index in [0.29, 0.717) is 11.4 Å². The molecule has 5 heteroatoms. The van der Waals surface area contributed by atoms with Crippen LogP contribution in [0.15, 0.2) is 10.5 Å². The van der Waals surface area contributed by atoms with E-state index in [9.17, 15) is 5.26 Å². The largest absolute Gasteiger partial charge is 0.289 e. The molecule has 0 saturated carbocycles. The molecule has 0 radical (unpaired) electrons. The molecule has 0 spiro atoms. The molecular weight excluding hydrogens is 358 g/mol. The fourth-order valence-electron chi connectivity index (χ4n) is 3.17. The Morgan fingerprint density at radius 2 is 2.14 bits per heavy atom. The molecule has 0 bridgehead atoms. The normalized spacial score (nSPS) is 14.2. The number of aromatic amines is 1. The summed E-state index contributed by atoms with van der Waals surface area (Å²) >= 11 is 5.40. The number of nitrogens with two attached hydrogens (primary N) is 1. The van der Waals surface area contributed by atoms with Crippen LogP contribution in [0.1, 0.15) is 47.9 Å². The summed E-state index contributed by atoms with van der Waals surface area (Å²) in [6.45, 7) is 2.15. The second-order valence-electron chi connectivity index (χ2n) is 5.65. The van der Waals surface area contributed by atoms with Crippen LogP contribution in [0.2, 0.25) is 0 Å². The van der Waals surface area contributed by atoms with Crippen LogP contribution >= 0.6 is 27.3 Å². The van der Waals surface area contributed by atoms with Gasteiger partial charge in [-0.25, -0.2) is 4.98 Å². The van der Waals surface area contributed by atoms with Gasteiger partial charge >= 0.3 is 0 Å². The van der Waals surface area contributed by atoms with E-state index in [-0.39, 0.29) is 0 Å². The topological polar surface area (TPSA) is 64.0 Å². The number of hydrogen-bond acceptors (Lipinski definition) is 3. The third kappa shape index (κ3) is 2.66. The van der Waals surface area contributed by atoms with Crippen LogP contribution in [-0.4, -0.2) is 0 Å². The van der Waals surface area contributed by atoms with Crippen molar-refractivity contribution in [3.63, 3.8) is 0 Å². The van der Waals surface area contributed by atoms with Gasteiger partial charge in [0, 0.05) is 31.8 Å². The van der Waals surface area contributed by atoms with E-state index in [0.717, 1.165) is 34.2 Å². The molecule has 22 heavy (non-hydrogen) atoms. The highest BCUT2D eigenvalue weighted by Crippen LogP contribution is 2.40. The lowest BCUT2D eigenvalue weighted by Crippen LogP contribution is -2.21. The first-order valence-electron chi connectivity index (χ1n) is 7.70. The number of halogens is 1. The fraction of sp³-hybridized carbons (Fsp3) is 0.412.